The summed E-state index contributed by atoms with van der Waals surface area (Å²) in [5, 5.41) is 13.8. The predicted molar refractivity (Wildman–Crippen MR) is 165 cm³/mol. The number of halogens is 2. The maximum absolute atomic E-state index is 12.6. The van der Waals surface area contributed by atoms with Crippen LogP contribution in [0.25, 0.3) is 5.69 Å². The third-order valence-corrected chi connectivity index (χ3v) is 11.5. The lowest BCUT2D eigenvalue weighted by atomic mass is 9.55. The summed E-state index contributed by atoms with van der Waals surface area (Å²) in [5.74, 6) is 4.38. The van der Waals surface area contributed by atoms with Crippen LogP contribution in [0.2, 0.25) is 10.0 Å². The van der Waals surface area contributed by atoms with E-state index in [-0.39, 0.29) is 5.41 Å². The Bertz CT molecular complexity index is 1400. The molecule has 6 rings (SSSR count). The molecule has 0 amide bonds. The van der Waals surface area contributed by atoms with E-state index in [1.54, 1.807) is 28.6 Å². The summed E-state index contributed by atoms with van der Waals surface area (Å²) in [6, 6.07) is 12.2. The van der Waals surface area contributed by atoms with Gasteiger partial charge in [0.1, 0.15) is 11.5 Å². The molecular formula is C32H38Cl2N4O2S. The maximum atomic E-state index is 12.6. The quantitative estimate of drug-likeness (QED) is 0.160. The number of fused-ring (bicyclic) bond motifs is 5. The predicted octanol–water partition coefficient (Wildman–Crippen LogP) is 8.52. The lowest BCUT2D eigenvalue weighted by Gasteiger charge is -2.48. The summed E-state index contributed by atoms with van der Waals surface area (Å²) >= 11 is 13.8. The monoisotopic (exact) mass is 612 g/mol. The van der Waals surface area contributed by atoms with Crippen LogP contribution in [0, 0.1) is 17.3 Å². The van der Waals surface area contributed by atoms with Gasteiger partial charge in [0, 0.05) is 17.6 Å². The molecule has 4 atom stereocenters. The number of ether oxygens (including phenoxy) is 1. The number of unbranched alkanes of at least 4 members (excludes halogenated alkanes) is 4. The van der Waals surface area contributed by atoms with Crippen LogP contribution in [0.15, 0.2) is 41.6 Å². The minimum Gasteiger partial charge on any atom is -0.494 e. The topological polar surface area (TPSA) is 69.9 Å². The van der Waals surface area contributed by atoms with Crippen molar-refractivity contribution in [2.75, 3.05) is 12.4 Å². The summed E-state index contributed by atoms with van der Waals surface area (Å²) in [5.41, 5.74) is 3.75. The molecule has 0 saturated heterocycles. The molecule has 41 heavy (non-hydrogen) atoms. The third-order valence-electron chi connectivity index (χ3n) is 9.78. The van der Waals surface area contributed by atoms with Gasteiger partial charge in [-0.3, -0.25) is 4.79 Å². The Morgan fingerprint density at radius 2 is 1.85 bits per heavy atom. The van der Waals surface area contributed by atoms with Crippen LogP contribution in [-0.2, 0) is 11.2 Å². The van der Waals surface area contributed by atoms with Gasteiger partial charge >= 0.3 is 0 Å². The van der Waals surface area contributed by atoms with Crippen LogP contribution in [0.4, 0.5) is 0 Å². The zero-order chi connectivity index (χ0) is 28.4. The first-order valence-corrected chi connectivity index (χ1v) is 16.8. The van der Waals surface area contributed by atoms with Crippen LogP contribution in [0.3, 0.4) is 0 Å². The van der Waals surface area contributed by atoms with Gasteiger partial charge in [0.25, 0.3) is 0 Å². The molecule has 2 fully saturated rings. The van der Waals surface area contributed by atoms with Crippen LogP contribution in [-0.4, -0.2) is 38.4 Å². The number of carbonyl (C=O) groups is 1. The van der Waals surface area contributed by atoms with Gasteiger partial charge in [0.05, 0.1) is 22.3 Å². The first-order valence-electron chi connectivity index (χ1n) is 15.1. The normalized spacial score (nSPS) is 25.0. The van der Waals surface area contributed by atoms with E-state index >= 15 is 0 Å². The van der Waals surface area contributed by atoms with Crippen molar-refractivity contribution in [3.05, 3.63) is 57.6 Å². The fourth-order valence-electron chi connectivity index (χ4n) is 7.56. The second-order valence-corrected chi connectivity index (χ2v) is 14.0. The molecule has 3 aliphatic rings. The standard InChI is InChI=1S/C32H38Cl2N4O2S/c1-32-16-15-25-24-11-9-23(19-21(24)7-10-26(25)27(32)12-14-30(32)39)40-17-5-3-2-4-6-18-41-31-35-36-37-38(31)22-8-13-28(33)29(34)20-22/h8-9,11,13,19-20,25-27H,2-7,10,12,14-18H2,1H3/t25?,26?,27?,32-/m0/s1. The SMILES string of the molecule is C[C@]12CCC3c4ccc(OCCCCCCCSc5nnnn5-c5ccc(Cl)c(Cl)c5)cc4CCC3C1CCC2=O. The molecule has 3 aliphatic carbocycles. The average Bonchev–Trinajstić information content (AvgIpc) is 3.57. The third kappa shape index (κ3) is 6.05. The minimum absolute atomic E-state index is 0.0494. The lowest BCUT2D eigenvalue weighted by Crippen LogP contribution is -2.42. The summed E-state index contributed by atoms with van der Waals surface area (Å²) in [6.45, 7) is 3.02. The van der Waals surface area contributed by atoms with E-state index in [9.17, 15) is 4.79 Å². The van der Waals surface area contributed by atoms with Gasteiger partial charge in [-0.15, -0.1) is 5.10 Å². The number of hydrogen-bond donors (Lipinski definition) is 0. The van der Waals surface area contributed by atoms with Gasteiger partial charge in [0.15, 0.2) is 0 Å². The molecule has 1 heterocycles. The van der Waals surface area contributed by atoms with Crippen LogP contribution < -0.4 is 4.74 Å². The van der Waals surface area contributed by atoms with E-state index in [0.29, 0.717) is 33.6 Å². The van der Waals surface area contributed by atoms with E-state index in [0.717, 1.165) is 73.9 Å². The van der Waals surface area contributed by atoms with Crippen LogP contribution in [0.5, 0.6) is 5.75 Å². The number of benzene rings is 2. The zero-order valence-electron chi connectivity index (χ0n) is 23.7. The van der Waals surface area contributed by atoms with Gasteiger partial charge in [0.2, 0.25) is 5.16 Å². The largest absolute Gasteiger partial charge is 0.494 e. The van der Waals surface area contributed by atoms with E-state index < -0.39 is 0 Å². The zero-order valence-corrected chi connectivity index (χ0v) is 26.0. The average molecular weight is 614 g/mol. The highest BCUT2D eigenvalue weighted by atomic mass is 35.5. The highest BCUT2D eigenvalue weighted by Crippen LogP contribution is 2.59. The van der Waals surface area contributed by atoms with Crippen LogP contribution in [0.1, 0.15) is 88.2 Å². The number of rotatable bonds is 11. The van der Waals surface area contributed by atoms with E-state index in [1.165, 1.54) is 36.8 Å². The summed E-state index contributed by atoms with van der Waals surface area (Å²) in [6.07, 6.45) is 12.2. The maximum Gasteiger partial charge on any atom is 0.214 e. The highest BCUT2D eigenvalue weighted by Gasteiger charge is 2.54. The summed E-state index contributed by atoms with van der Waals surface area (Å²) < 4.78 is 7.86. The lowest BCUT2D eigenvalue weighted by molar-refractivity contribution is -0.129. The Morgan fingerprint density at radius 3 is 2.73 bits per heavy atom. The Kier molecular flexibility index (Phi) is 8.94. The number of ketones is 1. The molecule has 3 unspecified atom stereocenters. The molecule has 2 saturated carbocycles. The van der Waals surface area contributed by atoms with Crippen molar-refractivity contribution in [3.63, 3.8) is 0 Å². The molecule has 3 aromatic rings. The van der Waals surface area contributed by atoms with Gasteiger partial charge < -0.3 is 4.74 Å². The van der Waals surface area contributed by atoms with E-state index in [4.69, 9.17) is 27.9 Å². The van der Waals surface area contributed by atoms with E-state index in [2.05, 4.69) is 40.6 Å². The number of nitrogens with zero attached hydrogens (tertiary/aromatic N) is 4. The van der Waals surface area contributed by atoms with Crippen molar-refractivity contribution in [1.29, 1.82) is 0 Å². The Hall–Kier alpha value is -2.09. The first kappa shape index (κ1) is 29.0. The molecule has 1 aromatic heterocycles. The Labute approximate surface area is 256 Å². The molecule has 9 heteroatoms. The van der Waals surface area contributed by atoms with Gasteiger partial charge in [-0.2, -0.15) is 4.68 Å². The number of aromatic nitrogens is 4. The molecule has 2 aromatic carbocycles. The second kappa shape index (κ2) is 12.6. The number of carbonyl (C=O) groups excluding carboxylic acids is 1. The number of thioether (sulfide) groups is 1. The molecule has 0 aliphatic heterocycles. The molecule has 6 nitrogen and oxygen atoms in total. The fourth-order valence-corrected chi connectivity index (χ4v) is 8.74. The van der Waals surface area contributed by atoms with Crippen molar-refractivity contribution in [2.24, 2.45) is 17.3 Å². The minimum atomic E-state index is -0.0494. The molecule has 0 N–H and O–H groups in total. The smallest absolute Gasteiger partial charge is 0.214 e. The van der Waals surface area contributed by atoms with Gasteiger partial charge in [-0.1, -0.05) is 67.2 Å². The first-order chi connectivity index (χ1) is 19.9. The van der Waals surface area contributed by atoms with Gasteiger partial charge in [-0.25, -0.2) is 0 Å². The summed E-state index contributed by atoms with van der Waals surface area (Å²) in [4.78, 5) is 12.6. The molecule has 0 radical (unpaired) electrons. The second-order valence-electron chi connectivity index (χ2n) is 12.1. The molecule has 0 spiro atoms. The van der Waals surface area contributed by atoms with Crippen molar-refractivity contribution < 1.29 is 9.53 Å². The number of aryl methyl sites for hydroxylation is 1. The Morgan fingerprint density at radius 1 is 1.00 bits per heavy atom. The molecular weight excluding hydrogens is 575 g/mol. The fraction of sp³-hybridized carbons (Fsp3) is 0.562. The van der Waals surface area contributed by atoms with Gasteiger partial charge in [-0.05, 0) is 115 Å². The van der Waals surface area contributed by atoms with Crippen molar-refractivity contribution in [2.45, 2.75) is 88.6 Å². The van der Waals surface area contributed by atoms with Crippen LogP contribution >= 0.6 is 35.0 Å². The molecule has 218 valence electrons. The Balaban J connectivity index is 0.893. The number of hydrogen-bond acceptors (Lipinski definition) is 6. The van der Waals surface area contributed by atoms with Crippen molar-refractivity contribution >= 4 is 40.7 Å². The van der Waals surface area contributed by atoms with Crippen molar-refractivity contribution in [3.8, 4) is 11.4 Å². The summed E-state index contributed by atoms with van der Waals surface area (Å²) in [7, 11) is 0. The number of tetrazole rings is 1. The number of Topliss-reactive ketones (excluding diaryl/α,β-unsaturated/α-hetero) is 1. The molecule has 0 bridgehead atoms. The van der Waals surface area contributed by atoms with Crippen molar-refractivity contribution in [1.82, 2.24) is 20.2 Å². The highest BCUT2D eigenvalue weighted by molar-refractivity contribution is 7.99. The van der Waals surface area contributed by atoms with E-state index in [1.807, 2.05) is 6.07 Å².